The van der Waals surface area contributed by atoms with Crippen LogP contribution in [0.1, 0.15) is 17.7 Å². The number of carboxylic acid groups (broad SMARTS) is 1. The molecule has 20 heavy (non-hydrogen) atoms. The summed E-state index contributed by atoms with van der Waals surface area (Å²) in [5.41, 5.74) is 0. The molecule has 0 amide bonds. The van der Waals surface area contributed by atoms with Gasteiger partial charge < -0.3 is 9.84 Å². The van der Waals surface area contributed by atoms with Gasteiger partial charge in [0, 0.05) is 23.8 Å². The highest BCUT2D eigenvalue weighted by atomic mass is 32.2. The van der Waals surface area contributed by atoms with Crippen molar-refractivity contribution >= 4 is 38.5 Å². The predicted octanol–water partition coefficient (Wildman–Crippen LogP) is 1.16. The van der Waals surface area contributed by atoms with Crippen molar-refractivity contribution in [1.82, 2.24) is 4.98 Å². The van der Waals surface area contributed by atoms with E-state index in [9.17, 15) is 13.2 Å². The Morgan fingerprint density at radius 3 is 3.10 bits per heavy atom. The van der Waals surface area contributed by atoms with Crippen LogP contribution in [0.2, 0.25) is 0 Å². The van der Waals surface area contributed by atoms with Gasteiger partial charge in [-0.3, -0.25) is 4.72 Å². The summed E-state index contributed by atoms with van der Waals surface area (Å²) in [6, 6.07) is 0. The summed E-state index contributed by atoms with van der Waals surface area (Å²) in [7, 11) is -3.50. The van der Waals surface area contributed by atoms with Crippen molar-refractivity contribution in [2.75, 3.05) is 17.1 Å². The molecule has 0 saturated carbocycles. The number of hydrogen-bond acceptors (Lipinski definition) is 6. The number of nitrogens with one attached hydrogen (secondary N) is 1. The molecule has 0 spiro atoms. The fraction of sp³-hybridized carbons (Fsp3) is 0.455. The molecule has 0 aliphatic carbocycles. The lowest BCUT2D eigenvalue weighted by Crippen LogP contribution is -2.25. The minimum absolute atomic E-state index is 0.0904. The van der Waals surface area contributed by atoms with Crippen molar-refractivity contribution < 1.29 is 23.1 Å². The summed E-state index contributed by atoms with van der Waals surface area (Å²) in [4.78, 5) is 14.8. The first-order valence-corrected chi connectivity index (χ1v) is 8.40. The second kappa shape index (κ2) is 6.33. The van der Waals surface area contributed by atoms with Gasteiger partial charge >= 0.3 is 5.97 Å². The second-order valence-corrected chi connectivity index (χ2v) is 7.09. The van der Waals surface area contributed by atoms with Gasteiger partial charge in [0.1, 0.15) is 0 Å². The van der Waals surface area contributed by atoms with Crippen LogP contribution in [-0.2, 0) is 19.6 Å². The van der Waals surface area contributed by atoms with Crippen molar-refractivity contribution in [2.45, 2.75) is 18.9 Å². The van der Waals surface area contributed by atoms with E-state index in [0.29, 0.717) is 11.5 Å². The first-order chi connectivity index (χ1) is 9.44. The Balaban J connectivity index is 1.96. The molecule has 1 aliphatic rings. The second-order valence-electron chi connectivity index (χ2n) is 4.26. The molecule has 2 heterocycles. The summed E-state index contributed by atoms with van der Waals surface area (Å²) in [5, 5.41) is 8.72. The molecule has 1 aromatic rings. The van der Waals surface area contributed by atoms with Crippen molar-refractivity contribution in [3.63, 3.8) is 0 Å². The first-order valence-electron chi connectivity index (χ1n) is 5.93. The minimum atomic E-state index is -3.50. The van der Waals surface area contributed by atoms with Crippen LogP contribution in [0.25, 0.3) is 6.08 Å². The number of aromatic nitrogens is 1. The van der Waals surface area contributed by atoms with Gasteiger partial charge in [-0.05, 0) is 18.9 Å². The van der Waals surface area contributed by atoms with E-state index in [0.717, 1.165) is 30.3 Å². The Hall–Kier alpha value is -1.45. The van der Waals surface area contributed by atoms with E-state index in [1.54, 1.807) is 0 Å². The molecular formula is C11H14N2O5S2. The molecule has 1 saturated heterocycles. The summed E-state index contributed by atoms with van der Waals surface area (Å²) in [6.45, 7) is 0.599. The van der Waals surface area contributed by atoms with Gasteiger partial charge in [0.2, 0.25) is 10.0 Å². The standard InChI is InChI=1S/C11H14N2O5S2/c14-10(15)4-3-9-6-12-11(19-9)13-20(16,17)7-8-2-1-5-18-8/h3-4,6,8H,1-2,5,7H2,(H,12,13)(H,14,15). The summed E-state index contributed by atoms with van der Waals surface area (Å²) in [5.74, 6) is -1.16. The number of carbonyl (C=O) groups is 1. The lowest BCUT2D eigenvalue weighted by atomic mass is 10.3. The van der Waals surface area contributed by atoms with E-state index in [1.807, 2.05) is 0 Å². The number of nitrogens with zero attached hydrogens (tertiary/aromatic N) is 1. The van der Waals surface area contributed by atoms with Crippen molar-refractivity contribution in [1.29, 1.82) is 0 Å². The average molecular weight is 318 g/mol. The molecule has 0 radical (unpaired) electrons. The summed E-state index contributed by atoms with van der Waals surface area (Å²) >= 11 is 1.07. The molecule has 1 fully saturated rings. The van der Waals surface area contributed by atoms with Crippen LogP contribution in [-0.4, -0.2) is 42.9 Å². The van der Waals surface area contributed by atoms with Crippen LogP contribution < -0.4 is 4.72 Å². The third-order valence-electron chi connectivity index (χ3n) is 2.59. The Kier molecular flexibility index (Phi) is 4.73. The molecule has 2 N–H and O–H groups in total. The number of thiazole rings is 1. The zero-order chi connectivity index (χ0) is 14.6. The molecule has 2 rings (SSSR count). The molecule has 1 atom stereocenters. The Morgan fingerprint density at radius 1 is 1.65 bits per heavy atom. The molecule has 0 bridgehead atoms. The normalized spacial score (nSPS) is 19.5. The highest BCUT2D eigenvalue weighted by Gasteiger charge is 2.23. The van der Waals surface area contributed by atoms with Crippen LogP contribution in [0.4, 0.5) is 5.13 Å². The zero-order valence-electron chi connectivity index (χ0n) is 10.5. The molecule has 1 aromatic heterocycles. The van der Waals surface area contributed by atoms with Crippen molar-refractivity contribution in [3.8, 4) is 0 Å². The third-order valence-corrected chi connectivity index (χ3v) is 4.91. The van der Waals surface area contributed by atoms with Crippen molar-refractivity contribution in [2.24, 2.45) is 0 Å². The highest BCUT2D eigenvalue weighted by Crippen LogP contribution is 2.21. The minimum Gasteiger partial charge on any atom is -0.478 e. The van der Waals surface area contributed by atoms with Gasteiger partial charge in [-0.15, -0.1) is 0 Å². The third kappa shape index (κ3) is 4.58. The maximum atomic E-state index is 11.9. The quantitative estimate of drug-likeness (QED) is 0.763. The van der Waals surface area contributed by atoms with E-state index in [1.165, 1.54) is 12.3 Å². The first kappa shape index (κ1) is 14.9. The Labute approximate surface area is 120 Å². The molecule has 110 valence electrons. The Morgan fingerprint density at radius 2 is 2.45 bits per heavy atom. The number of ether oxygens (including phenoxy) is 1. The number of carboxylic acids is 1. The van der Waals surface area contributed by atoms with E-state index in [4.69, 9.17) is 9.84 Å². The van der Waals surface area contributed by atoms with Crippen LogP contribution in [0.3, 0.4) is 0 Å². The van der Waals surface area contributed by atoms with E-state index < -0.39 is 16.0 Å². The number of aliphatic carboxylic acids is 1. The number of anilines is 1. The van der Waals surface area contributed by atoms with Gasteiger partial charge in [-0.2, -0.15) is 0 Å². The van der Waals surface area contributed by atoms with Crippen LogP contribution in [0, 0.1) is 0 Å². The van der Waals surface area contributed by atoms with E-state index in [2.05, 4.69) is 9.71 Å². The maximum Gasteiger partial charge on any atom is 0.328 e. The van der Waals surface area contributed by atoms with E-state index in [-0.39, 0.29) is 17.0 Å². The van der Waals surface area contributed by atoms with Crippen LogP contribution >= 0.6 is 11.3 Å². The molecule has 1 unspecified atom stereocenters. The summed E-state index contributed by atoms with van der Waals surface area (Å²) < 4.78 is 31.4. The fourth-order valence-electron chi connectivity index (χ4n) is 1.76. The average Bonchev–Trinajstić information content (AvgIpc) is 2.97. The molecule has 7 nitrogen and oxygen atoms in total. The van der Waals surface area contributed by atoms with Gasteiger partial charge in [-0.25, -0.2) is 18.2 Å². The Bertz CT molecular complexity index is 602. The van der Waals surface area contributed by atoms with E-state index >= 15 is 0 Å². The van der Waals surface area contributed by atoms with Gasteiger partial charge in [0.15, 0.2) is 5.13 Å². The van der Waals surface area contributed by atoms with Gasteiger partial charge in [-0.1, -0.05) is 11.3 Å². The maximum absolute atomic E-state index is 11.9. The number of hydrogen-bond donors (Lipinski definition) is 2. The number of sulfonamides is 1. The van der Waals surface area contributed by atoms with Crippen molar-refractivity contribution in [3.05, 3.63) is 17.2 Å². The van der Waals surface area contributed by atoms with Crippen LogP contribution in [0.15, 0.2) is 12.3 Å². The molecule has 9 heteroatoms. The molecular weight excluding hydrogens is 304 g/mol. The lowest BCUT2D eigenvalue weighted by molar-refractivity contribution is -0.131. The number of rotatable bonds is 6. The smallest absolute Gasteiger partial charge is 0.328 e. The highest BCUT2D eigenvalue weighted by molar-refractivity contribution is 7.92. The molecule has 1 aliphatic heterocycles. The lowest BCUT2D eigenvalue weighted by Gasteiger charge is -2.10. The largest absolute Gasteiger partial charge is 0.478 e. The summed E-state index contributed by atoms with van der Waals surface area (Å²) in [6.07, 6.45) is 5.09. The van der Waals surface area contributed by atoms with Crippen LogP contribution in [0.5, 0.6) is 0 Å². The predicted molar refractivity (Wildman–Crippen MR) is 75.2 cm³/mol. The monoisotopic (exact) mass is 318 g/mol. The van der Waals surface area contributed by atoms with Gasteiger partial charge in [0.25, 0.3) is 0 Å². The topological polar surface area (TPSA) is 106 Å². The molecule has 0 aromatic carbocycles. The SMILES string of the molecule is O=C(O)C=Cc1cnc(NS(=O)(=O)CC2CCCO2)s1. The zero-order valence-corrected chi connectivity index (χ0v) is 12.1. The van der Waals surface area contributed by atoms with Gasteiger partial charge in [0.05, 0.1) is 11.9 Å². The fourth-order valence-corrected chi connectivity index (χ4v) is 4.03.